The molecule has 4 heteroatoms. The maximum Gasteiger partial charge on any atom is 0.0669 e. The quantitative estimate of drug-likeness (QED) is 0.806. The number of halogens is 1. The third kappa shape index (κ3) is 3.88. The van der Waals surface area contributed by atoms with Gasteiger partial charge in [-0.15, -0.1) is 11.8 Å². The van der Waals surface area contributed by atoms with Crippen molar-refractivity contribution in [1.82, 2.24) is 5.32 Å². The predicted octanol–water partition coefficient (Wildman–Crippen LogP) is 3.86. The van der Waals surface area contributed by atoms with Gasteiger partial charge in [-0.2, -0.15) is 0 Å². The largest absolute Gasteiger partial charge is 0.377 e. The molecule has 1 unspecified atom stereocenters. The van der Waals surface area contributed by atoms with Crippen molar-refractivity contribution in [3.63, 3.8) is 0 Å². The van der Waals surface area contributed by atoms with Gasteiger partial charge in [0.15, 0.2) is 0 Å². The number of ether oxygens (including phenoxy) is 1. The van der Waals surface area contributed by atoms with Gasteiger partial charge in [-0.05, 0) is 43.4 Å². The second-order valence-corrected chi connectivity index (χ2v) is 6.79. The molecule has 2 nitrogen and oxygen atoms in total. The highest BCUT2D eigenvalue weighted by Crippen LogP contribution is 2.31. The zero-order chi connectivity index (χ0) is 13.1. The highest BCUT2D eigenvalue weighted by molar-refractivity contribution is 7.99. The number of benzene rings is 1. The number of rotatable bonds is 6. The first-order valence-electron chi connectivity index (χ1n) is 7.08. The van der Waals surface area contributed by atoms with Gasteiger partial charge < -0.3 is 10.1 Å². The van der Waals surface area contributed by atoms with Crippen LogP contribution in [0.25, 0.3) is 0 Å². The lowest BCUT2D eigenvalue weighted by Crippen LogP contribution is -2.16. The summed E-state index contributed by atoms with van der Waals surface area (Å²) < 4.78 is 5.68. The van der Waals surface area contributed by atoms with E-state index in [1.54, 1.807) is 0 Å². The van der Waals surface area contributed by atoms with Crippen molar-refractivity contribution in [2.24, 2.45) is 0 Å². The van der Waals surface area contributed by atoms with Crippen LogP contribution >= 0.6 is 23.4 Å². The third-order valence-corrected chi connectivity index (χ3v) is 5.26. The van der Waals surface area contributed by atoms with E-state index in [1.807, 2.05) is 23.9 Å². The minimum Gasteiger partial charge on any atom is -0.377 e. The van der Waals surface area contributed by atoms with Crippen molar-refractivity contribution in [3.8, 4) is 0 Å². The molecule has 0 aromatic heterocycles. The second-order valence-electron chi connectivity index (χ2n) is 5.32. The number of hydrogen-bond donors (Lipinski definition) is 1. The van der Waals surface area contributed by atoms with Crippen molar-refractivity contribution in [2.45, 2.75) is 49.3 Å². The summed E-state index contributed by atoms with van der Waals surface area (Å²) in [6, 6.07) is 6.92. The average Bonchev–Trinajstić information content (AvgIpc) is 3.09. The van der Waals surface area contributed by atoms with E-state index in [0.29, 0.717) is 12.1 Å². The van der Waals surface area contributed by atoms with Gasteiger partial charge >= 0.3 is 0 Å². The van der Waals surface area contributed by atoms with Gasteiger partial charge in [0.05, 0.1) is 6.10 Å². The maximum atomic E-state index is 6.34. The smallest absolute Gasteiger partial charge is 0.0669 e. The zero-order valence-electron chi connectivity index (χ0n) is 11.0. The molecular formula is C15H20ClNOS. The Morgan fingerprint density at radius 2 is 2.21 bits per heavy atom. The molecule has 1 heterocycles. The topological polar surface area (TPSA) is 21.3 Å². The molecular weight excluding hydrogens is 278 g/mol. The van der Waals surface area contributed by atoms with Gasteiger partial charge in [-0.3, -0.25) is 0 Å². The van der Waals surface area contributed by atoms with Crippen molar-refractivity contribution in [1.29, 1.82) is 0 Å². The highest BCUT2D eigenvalue weighted by atomic mass is 35.5. The van der Waals surface area contributed by atoms with Crippen LogP contribution in [0.3, 0.4) is 0 Å². The van der Waals surface area contributed by atoms with Gasteiger partial charge in [0.25, 0.3) is 0 Å². The van der Waals surface area contributed by atoms with E-state index in [9.17, 15) is 0 Å². The van der Waals surface area contributed by atoms with Crippen LogP contribution in [0.5, 0.6) is 0 Å². The Bertz CT molecular complexity index is 430. The summed E-state index contributed by atoms with van der Waals surface area (Å²) in [5, 5.41) is 4.43. The molecule has 1 saturated carbocycles. The van der Waals surface area contributed by atoms with Crippen molar-refractivity contribution >= 4 is 23.4 Å². The molecule has 2 aliphatic rings. The standard InChI is InChI=1S/C15H20ClNOS/c16-14-4-1-5-15(13(14)9-17-11-6-7-11)19-10-12-3-2-8-18-12/h1,4-5,11-12,17H,2-3,6-10H2. The molecule has 1 aliphatic heterocycles. The van der Waals surface area contributed by atoms with E-state index in [1.165, 1.54) is 36.1 Å². The Morgan fingerprint density at radius 3 is 2.95 bits per heavy atom. The Morgan fingerprint density at radius 1 is 1.32 bits per heavy atom. The van der Waals surface area contributed by atoms with Crippen molar-refractivity contribution in [3.05, 3.63) is 28.8 Å². The molecule has 0 bridgehead atoms. The van der Waals surface area contributed by atoms with Gasteiger partial charge in [0.1, 0.15) is 0 Å². The first-order valence-corrected chi connectivity index (χ1v) is 8.44. The van der Waals surface area contributed by atoms with E-state index >= 15 is 0 Å². The lowest BCUT2D eigenvalue weighted by atomic mass is 10.2. The summed E-state index contributed by atoms with van der Waals surface area (Å²) in [4.78, 5) is 1.30. The van der Waals surface area contributed by atoms with Gasteiger partial charge in [-0.25, -0.2) is 0 Å². The van der Waals surface area contributed by atoms with E-state index in [4.69, 9.17) is 16.3 Å². The minimum atomic E-state index is 0.424. The maximum absolute atomic E-state index is 6.34. The summed E-state index contributed by atoms with van der Waals surface area (Å²) >= 11 is 8.23. The number of hydrogen-bond acceptors (Lipinski definition) is 3. The molecule has 1 saturated heterocycles. The van der Waals surface area contributed by atoms with Crippen molar-refractivity contribution < 1.29 is 4.74 Å². The molecule has 1 N–H and O–H groups in total. The third-order valence-electron chi connectivity index (χ3n) is 3.67. The Kier molecular flexibility index (Phi) is 4.69. The summed E-state index contributed by atoms with van der Waals surface area (Å²) in [7, 11) is 0. The van der Waals surface area contributed by atoms with Gasteiger partial charge in [0.2, 0.25) is 0 Å². The molecule has 19 heavy (non-hydrogen) atoms. The van der Waals surface area contributed by atoms with Crippen LogP contribution in [0.1, 0.15) is 31.2 Å². The van der Waals surface area contributed by atoms with Crippen LogP contribution < -0.4 is 5.32 Å². The molecule has 0 radical (unpaired) electrons. The minimum absolute atomic E-state index is 0.424. The average molecular weight is 298 g/mol. The Balaban J connectivity index is 1.62. The van der Waals surface area contributed by atoms with Gasteiger partial charge in [0, 0.05) is 34.9 Å². The molecule has 0 spiro atoms. The molecule has 1 aliphatic carbocycles. The van der Waals surface area contributed by atoms with Crippen molar-refractivity contribution in [2.75, 3.05) is 12.4 Å². The van der Waals surface area contributed by atoms with Crippen LogP contribution in [0.15, 0.2) is 23.1 Å². The van der Waals surface area contributed by atoms with E-state index in [0.717, 1.165) is 23.9 Å². The first-order chi connectivity index (χ1) is 9.33. The molecule has 1 aromatic rings. The van der Waals surface area contributed by atoms with Crippen LogP contribution in [-0.4, -0.2) is 24.5 Å². The molecule has 3 rings (SSSR count). The number of nitrogens with one attached hydrogen (secondary N) is 1. The molecule has 1 aromatic carbocycles. The fourth-order valence-electron chi connectivity index (χ4n) is 2.34. The summed E-state index contributed by atoms with van der Waals surface area (Å²) in [6.07, 6.45) is 5.44. The second kappa shape index (κ2) is 6.49. The van der Waals surface area contributed by atoms with Crippen LogP contribution in [0.2, 0.25) is 5.02 Å². The molecule has 1 atom stereocenters. The highest BCUT2D eigenvalue weighted by Gasteiger charge is 2.21. The van der Waals surface area contributed by atoms with E-state index < -0.39 is 0 Å². The molecule has 104 valence electrons. The fourth-order valence-corrected chi connectivity index (χ4v) is 3.79. The molecule has 2 fully saturated rings. The first kappa shape index (κ1) is 13.7. The van der Waals surface area contributed by atoms with E-state index in [-0.39, 0.29) is 0 Å². The number of thioether (sulfide) groups is 1. The van der Waals surface area contributed by atoms with Crippen LogP contribution in [0, 0.1) is 0 Å². The lowest BCUT2D eigenvalue weighted by molar-refractivity contribution is 0.129. The lowest BCUT2D eigenvalue weighted by Gasteiger charge is -2.14. The van der Waals surface area contributed by atoms with Crippen LogP contribution in [-0.2, 0) is 11.3 Å². The summed E-state index contributed by atoms with van der Waals surface area (Å²) in [6.45, 7) is 1.81. The summed E-state index contributed by atoms with van der Waals surface area (Å²) in [5.41, 5.74) is 1.25. The molecule has 0 amide bonds. The monoisotopic (exact) mass is 297 g/mol. The van der Waals surface area contributed by atoms with E-state index in [2.05, 4.69) is 11.4 Å². The SMILES string of the molecule is Clc1cccc(SCC2CCCO2)c1CNC1CC1. The zero-order valence-corrected chi connectivity index (χ0v) is 12.6. The summed E-state index contributed by atoms with van der Waals surface area (Å²) in [5.74, 6) is 1.04. The normalized spacial score (nSPS) is 22.9. The fraction of sp³-hybridized carbons (Fsp3) is 0.600. The Hall–Kier alpha value is -0.220. The predicted molar refractivity (Wildman–Crippen MR) is 81.0 cm³/mol. The van der Waals surface area contributed by atoms with Gasteiger partial charge in [-0.1, -0.05) is 17.7 Å². The Labute approximate surface area is 124 Å². The van der Waals surface area contributed by atoms with Crippen LogP contribution in [0.4, 0.5) is 0 Å².